The molecule has 0 aliphatic rings. The third kappa shape index (κ3) is 3.71. The molecule has 0 saturated carbocycles. The molecule has 0 atom stereocenters. The summed E-state index contributed by atoms with van der Waals surface area (Å²) in [5, 5.41) is 0.911. The van der Waals surface area contributed by atoms with Gasteiger partial charge >= 0.3 is 0 Å². The van der Waals surface area contributed by atoms with Gasteiger partial charge in [0.15, 0.2) is 0 Å². The number of benzene rings is 3. The Morgan fingerprint density at radius 1 is 0.933 bits per heavy atom. The van der Waals surface area contributed by atoms with Crippen LogP contribution in [0.25, 0.3) is 10.9 Å². The smallest absolute Gasteiger partial charge is 0.264 e. The van der Waals surface area contributed by atoms with Crippen molar-refractivity contribution in [2.75, 3.05) is 11.4 Å². The lowest BCUT2D eigenvalue weighted by molar-refractivity contribution is 0.415. The number of para-hydroxylation sites is 3. The standard InChI is InChI=1S/C23H19FN2O3S/c1-29-22-10-3-2-9-21(22)26(30(27,28)20-13-11-19(24)12-14-20)16-18-7-4-6-17-8-5-15-25-23(17)18/h2-15H,16H2,1H3. The van der Waals surface area contributed by atoms with Crippen LogP contribution in [0.2, 0.25) is 0 Å². The zero-order valence-electron chi connectivity index (χ0n) is 16.2. The summed E-state index contributed by atoms with van der Waals surface area (Å²) in [4.78, 5) is 4.42. The van der Waals surface area contributed by atoms with E-state index in [2.05, 4.69) is 4.98 Å². The Kier molecular flexibility index (Phi) is 5.37. The van der Waals surface area contributed by atoms with Crippen molar-refractivity contribution < 1.29 is 17.5 Å². The first-order valence-electron chi connectivity index (χ1n) is 9.24. The van der Waals surface area contributed by atoms with Gasteiger partial charge in [-0.25, -0.2) is 12.8 Å². The lowest BCUT2D eigenvalue weighted by Crippen LogP contribution is -2.31. The highest BCUT2D eigenvalue weighted by molar-refractivity contribution is 7.92. The summed E-state index contributed by atoms with van der Waals surface area (Å²) in [5.74, 6) is -0.0903. The van der Waals surface area contributed by atoms with Gasteiger partial charge in [-0.2, -0.15) is 0 Å². The number of halogens is 1. The number of hydrogen-bond acceptors (Lipinski definition) is 4. The molecule has 7 heteroatoms. The van der Waals surface area contributed by atoms with Crippen molar-refractivity contribution >= 4 is 26.6 Å². The van der Waals surface area contributed by atoms with Crippen molar-refractivity contribution in [2.24, 2.45) is 0 Å². The van der Waals surface area contributed by atoms with Gasteiger partial charge in [-0.15, -0.1) is 0 Å². The van der Waals surface area contributed by atoms with E-state index in [1.807, 2.05) is 30.3 Å². The number of fused-ring (bicyclic) bond motifs is 1. The number of ether oxygens (including phenoxy) is 1. The van der Waals surface area contributed by atoms with Crippen molar-refractivity contribution in [3.05, 3.63) is 96.4 Å². The van der Waals surface area contributed by atoms with E-state index in [0.29, 0.717) is 17.0 Å². The van der Waals surface area contributed by atoms with E-state index >= 15 is 0 Å². The van der Waals surface area contributed by atoms with Crippen LogP contribution in [0.1, 0.15) is 5.56 Å². The van der Waals surface area contributed by atoms with Gasteiger partial charge in [0, 0.05) is 11.6 Å². The Balaban J connectivity index is 1.89. The molecule has 0 spiro atoms. The number of aromatic nitrogens is 1. The van der Waals surface area contributed by atoms with Crippen LogP contribution >= 0.6 is 0 Å². The molecule has 152 valence electrons. The number of sulfonamides is 1. The average Bonchev–Trinajstić information content (AvgIpc) is 2.77. The molecule has 1 heterocycles. The van der Waals surface area contributed by atoms with Crippen molar-refractivity contribution in [3.63, 3.8) is 0 Å². The third-order valence-electron chi connectivity index (χ3n) is 4.79. The fourth-order valence-corrected chi connectivity index (χ4v) is 4.77. The minimum Gasteiger partial charge on any atom is -0.495 e. The van der Waals surface area contributed by atoms with Gasteiger partial charge in [0.2, 0.25) is 0 Å². The summed E-state index contributed by atoms with van der Waals surface area (Å²) in [6.07, 6.45) is 1.67. The Hall–Kier alpha value is -3.45. The molecule has 4 rings (SSSR count). The first-order chi connectivity index (χ1) is 14.5. The predicted molar refractivity (Wildman–Crippen MR) is 115 cm³/mol. The van der Waals surface area contributed by atoms with E-state index < -0.39 is 15.8 Å². The predicted octanol–water partition coefficient (Wildman–Crippen LogP) is 4.78. The molecular formula is C23H19FN2O3S. The highest BCUT2D eigenvalue weighted by Crippen LogP contribution is 2.34. The summed E-state index contributed by atoms with van der Waals surface area (Å²) in [7, 11) is -2.52. The van der Waals surface area contributed by atoms with E-state index in [4.69, 9.17) is 4.74 Å². The maximum absolute atomic E-state index is 13.6. The fourth-order valence-electron chi connectivity index (χ4n) is 3.32. The zero-order chi connectivity index (χ0) is 21.1. The Morgan fingerprint density at radius 3 is 2.43 bits per heavy atom. The number of pyridine rings is 1. The van der Waals surface area contributed by atoms with E-state index in [1.165, 1.54) is 23.5 Å². The summed E-state index contributed by atoms with van der Waals surface area (Å²) in [5.41, 5.74) is 1.84. The van der Waals surface area contributed by atoms with Crippen LogP contribution in [0.3, 0.4) is 0 Å². The molecule has 3 aromatic carbocycles. The largest absolute Gasteiger partial charge is 0.495 e. The summed E-state index contributed by atoms with van der Waals surface area (Å²) in [6, 6.07) is 21.1. The number of nitrogens with zero attached hydrogens (tertiary/aromatic N) is 2. The normalized spacial score (nSPS) is 11.4. The van der Waals surface area contributed by atoms with Crippen molar-refractivity contribution in [3.8, 4) is 5.75 Å². The summed E-state index contributed by atoms with van der Waals surface area (Å²) in [6.45, 7) is 0.0361. The van der Waals surface area contributed by atoms with Crippen molar-refractivity contribution in [1.82, 2.24) is 4.98 Å². The van der Waals surface area contributed by atoms with E-state index in [0.717, 1.165) is 23.1 Å². The van der Waals surface area contributed by atoms with Gasteiger partial charge in [-0.05, 0) is 48.0 Å². The lowest BCUT2D eigenvalue weighted by Gasteiger charge is -2.26. The van der Waals surface area contributed by atoms with Crippen LogP contribution in [-0.4, -0.2) is 20.5 Å². The Bertz CT molecular complexity index is 1290. The topological polar surface area (TPSA) is 59.5 Å². The molecule has 0 N–H and O–H groups in total. The third-order valence-corrected chi connectivity index (χ3v) is 6.56. The van der Waals surface area contributed by atoms with E-state index in [1.54, 1.807) is 30.5 Å². The summed E-state index contributed by atoms with van der Waals surface area (Å²) < 4.78 is 47.2. The molecule has 4 aromatic rings. The second-order valence-corrected chi connectivity index (χ2v) is 8.49. The maximum Gasteiger partial charge on any atom is 0.264 e. The molecule has 0 radical (unpaired) electrons. The van der Waals surface area contributed by atoms with Crippen LogP contribution in [-0.2, 0) is 16.6 Å². The molecule has 0 unspecified atom stereocenters. The zero-order valence-corrected chi connectivity index (χ0v) is 17.0. The van der Waals surface area contributed by atoms with Crippen molar-refractivity contribution in [2.45, 2.75) is 11.4 Å². The van der Waals surface area contributed by atoms with Crippen LogP contribution in [0.15, 0.2) is 90.0 Å². The van der Waals surface area contributed by atoms with E-state index in [-0.39, 0.29) is 11.4 Å². The van der Waals surface area contributed by atoms with Crippen LogP contribution < -0.4 is 9.04 Å². The second kappa shape index (κ2) is 8.12. The average molecular weight is 422 g/mol. The molecule has 0 aliphatic heterocycles. The fraction of sp³-hybridized carbons (Fsp3) is 0.0870. The molecule has 5 nitrogen and oxygen atoms in total. The lowest BCUT2D eigenvalue weighted by atomic mass is 10.1. The Labute approximate surface area is 174 Å². The molecule has 0 aliphatic carbocycles. The highest BCUT2D eigenvalue weighted by Gasteiger charge is 2.28. The highest BCUT2D eigenvalue weighted by atomic mass is 32.2. The second-order valence-electron chi connectivity index (χ2n) is 6.63. The molecule has 0 amide bonds. The number of hydrogen-bond donors (Lipinski definition) is 0. The number of rotatable bonds is 6. The number of anilines is 1. The van der Waals surface area contributed by atoms with Crippen molar-refractivity contribution in [1.29, 1.82) is 0 Å². The van der Waals surface area contributed by atoms with Gasteiger partial charge in [0.1, 0.15) is 11.6 Å². The van der Waals surface area contributed by atoms with E-state index in [9.17, 15) is 12.8 Å². The Morgan fingerprint density at radius 2 is 1.67 bits per heavy atom. The van der Waals surface area contributed by atoms with Gasteiger partial charge < -0.3 is 4.74 Å². The first kappa shape index (κ1) is 19.8. The quantitative estimate of drug-likeness (QED) is 0.449. The van der Waals surface area contributed by atoms with Gasteiger partial charge in [0.25, 0.3) is 10.0 Å². The van der Waals surface area contributed by atoms with Gasteiger partial charge in [-0.1, -0.05) is 36.4 Å². The van der Waals surface area contributed by atoms with Gasteiger partial charge in [-0.3, -0.25) is 9.29 Å². The minimum absolute atomic E-state index is 0.0111. The van der Waals surface area contributed by atoms with Gasteiger partial charge in [0.05, 0.1) is 29.8 Å². The molecule has 0 bridgehead atoms. The summed E-state index contributed by atoms with van der Waals surface area (Å²) >= 11 is 0. The SMILES string of the molecule is COc1ccccc1N(Cc1cccc2cccnc12)S(=O)(=O)c1ccc(F)cc1. The number of methoxy groups -OCH3 is 1. The molecule has 0 fully saturated rings. The first-order valence-corrected chi connectivity index (χ1v) is 10.7. The molecule has 30 heavy (non-hydrogen) atoms. The maximum atomic E-state index is 13.6. The minimum atomic E-state index is -4.01. The monoisotopic (exact) mass is 422 g/mol. The molecule has 0 saturated heterocycles. The van der Waals surface area contributed by atoms with Crippen LogP contribution in [0.5, 0.6) is 5.75 Å². The van der Waals surface area contributed by atoms with Crippen LogP contribution in [0.4, 0.5) is 10.1 Å². The molecular weight excluding hydrogens is 403 g/mol. The molecule has 1 aromatic heterocycles. The van der Waals surface area contributed by atoms with Crippen LogP contribution in [0, 0.1) is 5.82 Å².